The highest BCUT2D eigenvalue weighted by Gasteiger charge is 2.12. The number of aryl methyl sites for hydroxylation is 1. The van der Waals surface area contributed by atoms with Crippen LogP contribution < -0.4 is 0 Å². The van der Waals surface area contributed by atoms with Gasteiger partial charge in [-0.2, -0.15) is 0 Å². The van der Waals surface area contributed by atoms with E-state index in [9.17, 15) is 4.39 Å². The van der Waals surface area contributed by atoms with Crippen molar-refractivity contribution < 1.29 is 4.39 Å². The molecule has 1 aromatic heterocycles. The van der Waals surface area contributed by atoms with Gasteiger partial charge in [0.1, 0.15) is 5.82 Å². The third-order valence-electron chi connectivity index (χ3n) is 3.00. The van der Waals surface area contributed by atoms with Crippen molar-refractivity contribution in [3.8, 4) is 5.69 Å². The number of benzene rings is 2. The molecule has 3 aromatic rings. The van der Waals surface area contributed by atoms with Crippen LogP contribution in [0, 0.1) is 17.5 Å². The average Bonchev–Trinajstić information content (AvgIpc) is 2.67. The Balaban J connectivity index is 2.42. The maximum atomic E-state index is 14.1. The van der Waals surface area contributed by atoms with Crippen LogP contribution in [0.15, 0.2) is 36.4 Å². The summed E-state index contributed by atoms with van der Waals surface area (Å²) in [6.45, 7) is 1.84. The fraction of sp³-hybridized carbons (Fsp3) is 0.0714. The standard InChI is InChI=1S/C14H10ClFN2S/c1-8-5-6-12(10(16)7-8)18-13-9(15)3-2-4-11(13)17-14(18)19/h2-7H,1H3,(H,17,19). The number of fused-ring (bicyclic) bond motifs is 1. The number of halogens is 2. The summed E-state index contributed by atoms with van der Waals surface area (Å²) in [4.78, 5) is 3.03. The quantitative estimate of drug-likeness (QED) is 0.640. The molecule has 0 fully saturated rings. The van der Waals surface area contributed by atoms with Crippen LogP contribution in [0.4, 0.5) is 4.39 Å². The first kappa shape index (κ1) is 12.4. The summed E-state index contributed by atoms with van der Waals surface area (Å²) in [5.41, 5.74) is 2.74. The van der Waals surface area contributed by atoms with Crippen LogP contribution >= 0.6 is 23.8 Å². The van der Waals surface area contributed by atoms with Gasteiger partial charge < -0.3 is 4.98 Å². The largest absolute Gasteiger partial charge is 0.330 e. The van der Waals surface area contributed by atoms with Gasteiger partial charge in [-0.25, -0.2) is 4.39 Å². The van der Waals surface area contributed by atoms with Crippen LogP contribution in [-0.2, 0) is 0 Å². The number of imidazole rings is 1. The molecule has 0 aliphatic heterocycles. The number of nitrogens with one attached hydrogen (secondary N) is 1. The molecule has 0 unspecified atom stereocenters. The van der Waals surface area contributed by atoms with Gasteiger partial charge in [-0.15, -0.1) is 0 Å². The highest BCUT2D eigenvalue weighted by atomic mass is 35.5. The van der Waals surface area contributed by atoms with Crippen molar-refractivity contribution in [3.63, 3.8) is 0 Å². The third-order valence-corrected chi connectivity index (χ3v) is 3.59. The molecular weight excluding hydrogens is 283 g/mol. The predicted octanol–water partition coefficient (Wildman–Crippen LogP) is 4.79. The summed E-state index contributed by atoms with van der Waals surface area (Å²) in [5.74, 6) is -0.322. The number of aromatic amines is 1. The van der Waals surface area contributed by atoms with Crippen molar-refractivity contribution in [2.75, 3.05) is 0 Å². The smallest absolute Gasteiger partial charge is 0.182 e. The second kappa shape index (κ2) is 4.47. The van der Waals surface area contributed by atoms with E-state index in [4.69, 9.17) is 23.8 Å². The maximum absolute atomic E-state index is 14.1. The summed E-state index contributed by atoms with van der Waals surface area (Å²) in [6.07, 6.45) is 0. The van der Waals surface area contributed by atoms with Gasteiger partial charge in [-0.1, -0.05) is 23.7 Å². The molecule has 1 heterocycles. The van der Waals surface area contributed by atoms with Gasteiger partial charge in [-0.3, -0.25) is 4.57 Å². The number of nitrogens with zero attached hydrogens (tertiary/aromatic N) is 1. The van der Waals surface area contributed by atoms with Crippen LogP contribution in [0.1, 0.15) is 5.56 Å². The molecule has 0 saturated heterocycles. The summed E-state index contributed by atoms with van der Waals surface area (Å²) < 4.78 is 16.2. The number of hydrogen-bond donors (Lipinski definition) is 1. The summed E-state index contributed by atoms with van der Waals surface area (Å²) >= 11 is 11.5. The second-order valence-corrected chi connectivity index (χ2v) is 5.15. The highest BCUT2D eigenvalue weighted by molar-refractivity contribution is 7.71. The fourth-order valence-corrected chi connectivity index (χ4v) is 2.70. The normalized spacial score (nSPS) is 11.1. The Kier molecular flexibility index (Phi) is 2.92. The van der Waals surface area contributed by atoms with Crippen LogP contribution in [0.3, 0.4) is 0 Å². The molecule has 0 bridgehead atoms. The fourth-order valence-electron chi connectivity index (χ4n) is 2.14. The zero-order valence-corrected chi connectivity index (χ0v) is 11.6. The molecule has 0 aliphatic carbocycles. The summed E-state index contributed by atoms with van der Waals surface area (Å²) in [6, 6.07) is 10.5. The lowest BCUT2D eigenvalue weighted by Gasteiger charge is -2.07. The van der Waals surface area contributed by atoms with Gasteiger partial charge in [0, 0.05) is 0 Å². The van der Waals surface area contributed by atoms with Gasteiger partial charge in [-0.05, 0) is 49.0 Å². The van der Waals surface area contributed by atoms with Gasteiger partial charge in [0.25, 0.3) is 0 Å². The van der Waals surface area contributed by atoms with Crippen molar-refractivity contribution >= 4 is 34.9 Å². The SMILES string of the molecule is Cc1ccc(-n2c(=S)[nH]c3cccc(Cl)c32)c(F)c1. The van der Waals surface area contributed by atoms with Gasteiger partial charge in [0.05, 0.1) is 21.7 Å². The zero-order chi connectivity index (χ0) is 13.6. The monoisotopic (exact) mass is 292 g/mol. The molecule has 96 valence electrons. The Labute approximate surface area is 119 Å². The summed E-state index contributed by atoms with van der Waals surface area (Å²) in [5, 5.41) is 0.532. The van der Waals surface area contributed by atoms with Gasteiger partial charge in [0.2, 0.25) is 0 Å². The van der Waals surface area contributed by atoms with Crippen molar-refractivity contribution in [2.45, 2.75) is 6.92 Å². The molecule has 2 nitrogen and oxygen atoms in total. The van der Waals surface area contributed by atoms with E-state index in [1.54, 1.807) is 16.7 Å². The Hall–Kier alpha value is -1.65. The minimum atomic E-state index is -0.322. The lowest BCUT2D eigenvalue weighted by Crippen LogP contribution is -1.98. The van der Waals surface area contributed by atoms with E-state index >= 15 is 0 Å². The lowest BCUT2D eigenvalue weighted by atomic mass is 10.2. The topological polar surface area (TPSA) is 20.7 Å². The highest BCUT2D eigenvalue weighted by Crippen LogP contribution is 2.27. The summed E-state index contributed by atoms with van der Waals surface area (Å²) in [7, 11) is 0. The number of aromatic nitrogens is 2. The van der Waals surface area contributed by atoms with E-state index < -0.39 is 0 Å². The Morgan fingerprint density at radius 1 is 1.26 bits per heavy atom. The molecule has 0 saturated carbocycles. The predicted molar refractivity (Wildman–Crippen MR) is 78.2 cm³/mol. The number of hydrogen-bond acceptors (Lipinski definition) is 1. The van der Waals surface area contributed by atoms with Crippen molar-refractivity contribution in [1.29, 1.82) is 0 Å². The van der Waals surface area contributed by atoms with Crippen molar-refractivity contribution in [2.24, 2.45) is 0 Å². The molecule has 0 spiro atoms. The van der Waals surface area contributed by atoms with E-state index in [1.165, 1.54) is 6.07 Å². The third kappa shape index (κ3) is 1.97. The van der Waals surface area contributed by atoms with Crippen LogP contribution in [0.2, 0.25) is 5.02 Å². The van der Waals surface area contributed by atoms with Crippen LogP contribution in [-0.4, -0.2) is 9.55 Å². The lowest BCUT2D eigenvalue weighted by molar-refractivity contribution is 0.617. The molecule has 5 heteroatoms. The van der Waals surface area contributed by atoms with E-state index in [0.717, 1.165) is 11.1 Å². The second-order valence-electron chi connectivity index (χ2n) is 4.36. The molecule has 0 atom stereocenters. The van der Waals surface area contributed by atoms with E-state index in [1.807, 2.05) is 25.1 Å². The first-order valence-corrected chi connectivity index (χ1v) is 6.52. The number of para-hydroxylation sites is 1. The van der Waals surface area contributed by atoms with Gasteiger partial charge >= 0.3 is 0 Å². The molecule has 2 aromatic carbocycles. The number of H-pyrrole nitrogens is 1. The number of rotatable bonds is 1. The Morgan fingerprint density at radius 3 is 2.79 bits per heavy atom. The molecular formula is C14H10ClFN2S. The molecule has 0 radical (unpaired) electrons. The molecule has 3 rings (SSSR count). The van der Waals surface area contributed by atoms with Crippen LogP contribution in [0.5, 0.6) is 0 Å². The molecule has 1 N–H and O–H groups in total. The zero-order valence-electron chi connectivity index (χ0n) is 10.1. The van der Waals surface area contributed by atoms with E-state index in [-0.39, 0.29) is 5.82 Å². The van der Waals surface area contributed by atoms with Crippen molar-refractivity contribution in [3.05, 3.63) is 57.6 Å². The minimum Gasteiger partial charge on any atom is -0.330 e. The Bertz CT molecular complexity index is 835. The first-order chi connectivity index (χ1) is 9.08. The Morgan fingerprint density at radius 2 is 2.05 bits per heavy atom. The molecule has 19 heavy (non-hydrogen) atoms. The average molecular weight is 293 g/mol. The van der Waals surface area contributed by atoms with Crippen molar-refractivity contribution in [1.82, 2.24) is 9.55 Å². The minimum absolute atomic E-state index is 0.322. The maximum Gasteiger partial charge on any atom is 0.182 e. The van der Waals surface area contributed by atoms with Crippen LogP contribution in [0.25, 0.3) is 16.7 Å². The van der Waals surface area contributed by atoms with E-state index in [0.29, 0.717) is 21.0 Å². The van der Waals surface area contributed by atoms with Gasteiger partial charge in [0.15, 0.2) is 4.77 Å². The first-order valence-electron chi connectivity index (χ1n) is 5.73. The van der Waals surface area contributed by atoms with E-state index in [2.05, 4.69) is 4.98 Å². The molecule has 0 aliphatic rings. The molecule has 0 amide bonds.